The highest BCUT2D eigenvalue weighted by Gasteiger charge is 2.21. The Morgan fingerprint density at radius 2 is 2.36 bits per heavy atom. The van der Waals surface area contributed by atoms with Gasteiger partial charge in [0.2, 0.25) is 0 Å². The van der Waals surface area contributed by atoms with Gasteiger partial charge in [-0.3, -0.25) is 0 Å². The molecule has 1 unspecified atom stereocenters. The molecule has 0 saturated heterocycles. The minimum Gasteiger partial charge on any atom is -0.380 e. The molecule has 1 aliphatic rings. The number of fused-ring (bicyclic) bond motifs is 1. The monoisotopic (exact) mass is 190 g/mol. The normalized spacial score (nSPS) is 19.1. The maximum absolute atomic E-state index is 3.59. The van der Waals surface area contributed by atoms with Crippen molar-refractivity contribution in [2.24, 2.45) is 0 Å². The second kappa shape index (κ2) is 4.01. The fourth-order valence-corrected chi connectivity index (χ4v) is 2.19. The summed E-state index contributed by atoms with van der Waals surface area (Å²) in [6.07, 6.45) is 2.27. The van der Waals surface area contributed by atoms with Crippen LogP contribution in [-0.2, 0) is 12.8 Å². The van der Waals surface area contributed by atoms with Crippen molar-refractivity contribution in [2.45, 2.75) is 25.8 Å². The lowest BCUT2D eigenvalue weighted by Crippen LogP contribution is -2.28. The molecule has 0 spiro atoms. The number of para-hydroxylation sites is 1. The Bertz CT molecular complexity index is 320. The highest BCUT2D eigenvalue weighted by atomic mass is 15.0. The first-order chi connectivity index (χ1) is 6.85. The number of hydrogen-bond donors (Lipinski definition) is 2. The van der Waals surface area contributed by atoms with Gasteiger partial charge >= 0.3 is 0 Å². The maximum atomic E-state index is 3.59. The van der Waals surface area contributed by atoms with Gasteiger partial charge < -0.3 is 10.6 Å². The molecule has 1 heterocycles. The lowest BCUT2D eigenvalue weighted by atomic mass is 10.0. The van der Waals surface area contributed by atoms with E-state index in [9.17, 15) is 0 Å². The van der Waals surface area contributed by atoms with E-state index in [-0.39, 0.29) is 0 Å². The molecule has 2 N–H and O–H groups in total. The zero-order valence-electron chi connectivity index (χ0n) is 8.93. The summed E-state index contributed by atoms with van der Waals surface area (Å²) in [6.45, 7) is 3.25. The summed E-state index contributed by atoms with van der Waals surface area (Å²) in [5.41, 5.74) is 4.31. The van der Waals surface area contributed by atoms with Gasteiger partial charge in [-0.1, -0.05) is 25.1 Å². The van der Waals surface area contributed by atoms with E-state index < -0.39 is 0 Å². The van der Waals surface area contributed by atoms with E-state index in [2.05, 4.69) is 35.8 Å². The van der Waals surface area contributed by atoms with Crippen molar-refractivity contribution in [1.29, 1.82) is 0 Å². The second-order valence-electron chi connectivity index (χ2n) is 3.91. The van der Waals surface area contributed by atoms with Gasteiger partial charge in [0, 0.05) is 18.3 Å². The van der Waals surface area contributed by atoms with Crippen molar-refractivity contribution in [3.63, 3.8) is 0 Å². The molecule has 2 rings (SSSR count). The Morgan fingerprint density at radius 3 is 3.07 bits per heavy atom. The first-order valence-electron chi connectivity index (χ1n) is 5.37. The van der Waals surface area contributed by atoms with E-state index in [1.807, 2.05) is 7.05 Å². The summed E-state index contributed by atoms with van der Waals surface area (Å²) in [7, 11) is 2.01. The van der Waals surface area contributed by atoms with Crippen LogP contribution >= 0.6 is 0 Å². The van der Waals surface area contributed by atoms with Gasteiger partial charge in [-0.15, -0.1) is 0 Å². The van der Waals surface area contributed by atoms with Crippen LogP contribution in [-0.4, -0.2) is 19.6 Å². The van der Waals surface area contributed by atoms with Crippen LogP contribution in [0.5, 0.6) is 0 Å². The summed E-state index contributed by atoms with van der Waals surface area (Å²) in [4.78, 5) is 0. The predicted octanol–water partition coefficient (Wildman–Crippen LogP) is 1.80. The van der Waals surface area contributed by atoms with E-state index in [0.29, 0.717) is 6.04 Å². The number of likely N-dealkylation sites (N-methyl/N-ethyl adjacent to an activating group) is 1. The smallest absolute Gasteiger partial charge is 0.0427 e. The summed E-state index contributed by atoms with van der Waals surface area (Å²) >= 11 is 0. The molecule has 0 saturated carbocycles. The molecule has 1 atom stereocenters. The van der Waals surface area contributed by atoms with Crippen LogP contribution < -0.4 is 10.6 Å². The Labute approximate surface area is 85.7 Å². The van der Waals surface area contributed by atoms with Crippen molar-refractivity contribution in [1.82, 2.24) is 5.32 Å². The number of anilines is 1. The Morgan fingerprint density at radius 1 is 1.50 bits per heavy atom. The second-order valence-corrected chi connectivity index (χ2v) is 3.91. The molecule has 0 radical (unpaired) electrons. The number of nitrogens with one attached hydrogen (secondary N) is 2. The number of rotatable bonds is 3. The average Bonchev–Trinajstić information content (AvgIpc) is 2.60. The zero-order valence-corrected chi connectivity index (χ0v) is 8.93. The van der Waals surface area contributed by atoms with Gasteiger partial charge in [0.15, 0.2) is 0 Å². The van der Waals surface area contributed by atoms with Crippen LogP contribution in [0.2, 0.25) is 0 Å². The average molecular weight is 190 g/mol. The molecule has 2 heteroatoms. The lowest BCUT2D eigenvalue weighted by molar-refractivity contribution is 0.673. The molecule has 0 amide bonds. The van der Waals surface area contributed by atoms with Crippen LogP contribution in [0.1, 0.15) is 18.1 Å². The molecule has 0 aromatic heterocycles. The van der Waals surface area contributed by atoms with Crippen molar-refractivity contribution < 1.29 is 0 Å². The summed E-state index contributed by atoms with van der Waals surface area (Å²) in [6, 6.07) is 7.19. The number of hydrogen-bond acceptors (Lipinski definition) is 2. The van der Waals surface area contributed by atoms with Crippen LogP contribution in [0, 0.1) is 0 Å². The van der Waals surface area contributed by atoms with Gasteiger partial charge in [0.05, 0.1) is 0 Å². The molecule has 0 bridgehead atoms. The Hall–Kier alpha value is -1.02. The molecular weight excluding hydrogens is 172 g/mol. The van der Waals surface area contributed by atoms with Crippen LogP contribution in [0.25, 0.3) is 0 Å². The number of benzene rings is 1. The number of aryl methyl sites for hydroxylation is 1. The molecule has 1 aliphatic heterocycles. The van der Waals surface area contributed by atoms with E-state index in [1.54, 1.807) is 0 Å². The first-order valence-corrected chi connectivity index (χ1v) is 5.37. The SMILES string of the molecule is CCc1cccc2c1NC(CNC)C2. The fraction of sp³-hybridized carbons (Fsp3) is 0.500. The Balaban J connectivity index is 2.21. The highest BCUT2D eigenvalue weighted by molar-refractivity contribution is 5.62. The zero-order chi connectivity index (χ0) is 9.97. The minimum atomic E-state index is 0.572. The molecule has 2 nitrogen and oxygen atoms in total. The van der Waals surface area contributed by atoms with E-state index in [1.165, 1.54) is 16.8 Å². The first kappa shape index (κ1) is 9.53. The minimum absolute atomic E-state index is 0.572. The largest absolute Gasteiger partial charge is 0.380 e. The van der Waals surface area contributed by atoms with E-state index in [4.69, 9.17) is 0 Å². The van der Waals surface area contributed by atoms with Crippen molar-refractivity contribution in [3.05, 3.63) is 29.3 Å². The van der Waals surface area contributed by atoms with Crippen molar-refractivity contribution in [3.8, 4) is 0 Å². The predicted molar refractivity (Wildman–Crippen MR) is 60.9 cm³/mol. The quantitative estimate of drug-likeness (QED) is 0.759. The van der Waals surface area contributed by atoms with Crippen LogP contribution in [0.3, 0.4) is 0 Å². The summed E-state index contributed by atoms with van der Waals surface area (Å²) in [5.74, 6) is 0. The molecule has 1 aromatic carbocycles. The molecular formula is C12H18N2. The standard InChI is InChI=1S/C12H18N2/c1-3-9-5-4-6-10-7-11(8-13-2)14-12(9)10/h4-6,11,13-14H,3,7-8H2,1-2H3. The van der Waals surface area contributed by atoms with E-state index >= 15 is 0 Å². The van der Waals surface area contributed by atoms with Gasteiger partial charge in [-0.2, -0.15) is 0 Å². The third kappa shape index (κ3) is 1.62. The van der Waals surface area contributed by atoms with Gasteiger partial charge in [0.25, 0.3) is 0 Å². The molecule has 1 aromatic rings. The van der Waals surface area contributed by atoms with Crippen molar-refractivity contribution in [2.75, 3.05) is 18.9 Å². The molecule has 76 valence electrons. The third-order valence-corrected chi connectivity index (χ3v) is 2.88. The molecule has 14 heavy (non-hydrogen) atoms. The fourth-order valence-electron chi connectivity index (χ4n) is 2.19. The topological polar surface area (TPSA) is 24.1 Å². The van der Waals surface area contributed by atoms with E-state index in [0.717, 1.165) is 19.4 Å². The Kier molecular flexibility index (Phi) is 2.73. The van der Waals surface area contributed by atoms with Gasteiger partial charge in [0.1, 0.15) is 0 Å². The van der Waals surface area contributed by atoms with Crippen LogP contribution in [0.15, 0.2) is 18.2 Å². The maximum Gasteiger partial charge on any atom is 0.0427 e. The van der Waals surface area contributed by atoms with Gasteiger partial charge in [-0.05, 0) is 31.0 Å². The van der Waals surface area contributed by atoms with Crippen molar-refractivity contribution >= 4 is 5.69 Å². The third-order valence-electron chi connectivity index (χ3n) is 2.88. The van der Waals surface area contributed by atoms with Gasteiger partial charge in [-0.25, -0.2) is 0 Å². The molecule has 0 fully saturated rings. The highest BCUT2D eigenvalue weighted by Crippen LogP contribution is 2.29. The summed E-state index contributed by atoms with van der Waals surface area (Å²) in [5, 5.41) is 6.81. The summed E-state index contributed by atoms with van der Waals surface area (Å²) < 4.78 is 0. The molecule has 0 aliphatic carbocycles. The van der Waals surface area contributed by atoms with Crippen LogP contribution in [0.4, 0.5) is 5.69 Å². The lowest BCUT2D eigenvalue weighted by Gasteiger charge is -2.11.